The normalized spacial score (nSPS) is 11.6. The van der Waals surface area contributed by atoms with Gasteiger partial charge in [-0.3, -0.25) is 4.79 Å². The number of nitrogens with one attached hydrogen (secondary N) is 1. The van der Waals surface area contributed by atoms with Crippen LogP contribution in [0.5, 0.6) is 0 Å². The minimum atomic E-state index is -0.144. The summed E-state index contributed by atoms with van der Waals surface area (Å²) in [6.45, 7) is 10.4. The van der Waals surface area contributed by atoms with Crippen molar-refractivity contribution < 1.29 is 9.21 Å². The molecular formula is C20H25NO2. The van der Waals surface area contributed by atoms with Crippen LogP contribution in [0.4, 0.5) is 5.69 Å². The van der Waals surface area contributed by atoms with Gasteiger partial charge in [0.15, 0.2) is 0 Å². The van der Waals surface area contributed by atoms with Gasteiger partial charge < -0.3 is 9.73 Å². The molecule has 0 aliphatic rings. The highest BCUT2D eigenvalue weighted by Gasteiger charge is 2.14. The van der Waals surface area contributed by atoms with Gasteiger partial charge in [-0.15, -0.1) is 0 Å². The van der Waals surface area contributed by atoms with Crippen molar-refractivity contribution in [3.05, 3.63) is 59.1 Å². The predicted molar refractivity (Wildman–Crippen MR) is 95.7 cm³/mol. The zero-order chi connectivity index (χ0) is 17.0. The van der Waals surface area contributed by atoms with Crippen LogP contribution < -0.4 is 5.32 Å². The second-order valence-corrected chi connectivity index (χ2v) is 6.39. The fourth-order valence-electron chi connectivity index (χ4n) is 2.56. The van der Waals surface area contributed by atoms with Gasteiger partial charge in [-0.1, -0.05) is 45.9 Å². The number of aryl methyl sites for hydroxylation is 1. The Bertz CT molecular complexity index is 682. The number of anilines is 1. The van der Waals surface area contributed by atoms with Gasteiger partial charge in [0.25, 0.3) is 0 Å². The van der Waals surface area contributed by atoms with Crippen molar-refractivity contribution >= 4 is 17.7 Å². The zero-order valence-electron chi connectivity index (χ0n) is 14.5. The van der Waals surface area contributed by atoms with Crippen LogP contribution in [0, 0.1) is 6.92 Å². The van der Waals surface area contributed by atoms with Crippen molar-refractivity contribution in [1.82, 2.24) is 0 Å². The topological polar surface area (TPSA) is 42.2 Å². The van der Waals surface area contributed by atoms with E-state index in [0.717, 1.165) is 22.6 Å². The summed E-state index contributed by atoms with van der Waals surface area (Å²) in [4.78, 5) is 12.3. The molecule has 1 amide bonds. The second-order valence-electron chi connectivity index (χ2n) is 6.39. The maximum Gasteiger partial charge on any atom is 0.248 e. The number of benzene rings is 1. The standard InChI is InChI=1S/C20H25NO2/c1-13(2)17-7-6-8-18(14(3)4)20(17)21-19(22)12-11-16-10-9-15(5)23-16/h6-14H,1-5H3,(H,21,22). The van der Waals surface area contributed by atoms with Gasteiger partial charge in [-0.25, -0.2) is 0 Å². The second kappa shape index (κ2) is 7.32. The van der Waals surface area contributed by atoms with Gasteiger partial charge in [-0.05, 0) is 48.1 Å². The lowest BCUT2D eigenvalue weighted by Gasteiger charge is -2.19. The highest BCUT2D eigenvalue weighted by molar-refractivity contribution is 6.02. The highest BCUT2D eigenvalue weighted by Crippen LogP contribution is 2.32. The third kappa shape index (κ3) is 4.35. The first kappa shape index (κ1) is 17.1. The maximum atomic E-state index is 12.3. The number of carbonyl (C=O) groups excluding carboxylic acids is 1. The van der Waals surface area contributed by atoms with Gasteiger partial charge in [0.2, 0.25) is 5.91 Å². The number of hydrogen-bond donors (Lipinski definition) is 1. The summed E-state index contributed by atoms with van der Waals surface area (Å²) < 4.78 is 5.44. The van der Waals surface area contributed by atoms with Crippen LogP contribution in [-0.2, 0) is 4.79 Å². The van der Waals surface area contributed by atoms with Gasteiger partial charge >= 0.3 is 0 Å². The van der Waals surface area contributed by atoms with E-state index >= 15 is 0 Å². The third-order valence-electron chi connectivity index (χ3n) is 3.78. The van der Waals surface area contributed by atoms with Crippen molar-refractivity contribution in [3.63, 3.8) is 0 Å². The Morgan fingerprint density at radius 1 is 1.04 bits per heavy atom. The summed E-state index contributed by atoms with van der Waals surface area (Å²) in [7, 11) is 0. The fourth-order valence-corrected chi connectivity index (χ4v) is 2.56. The van der Waals surface area contributed by atoms with Crippen molar-refractivity contribution in [2.75, 3.05) is 5.32 Å². The summed E-state index contributed by atoms with van der Waals surface area (Å²) in [6.07, 6.45) is 3.20. The monoisotopic (exact) mass is 311 g/mol. The first-order valence-corrected chi connectivity index (χ1v) is 8.06. The SMILES string of the molecule is Cc1ccc(C=CC(=O)Nc2c(C(C)C)cccc2C(C)C)o1. The molecule has 0 spiro atoms. The van der Waals surface area contributed by atoms with Crippen molar-refractivity contribution in [3.8, 4) is 0 Å². The average molecular weight is 311 g/mol. The number of furan rings is 1. The van der Waals surface area contributed by atoms with Crippen LogP contribution in [-0.4, -0.2) is 5.91 Å². The lowest BCUT2D eigenvalue weighted by Crippen LogP contribution is -2.13. The van der Waals surface area contributed by atoms with Crippen LogP contribution in [0.2, 0.25) is 0 Å². The Morgan fingerprint density at radius 3 is 2.13 bits per heavy atom. The highest BCUT2D eigenvalue weighted by atomic mass is 16.3. The third-order valence-corrected chi connectivity index (χ3v) is 3.78. The van der Waals surface area contributed by atoms with Crippen LogP contribution in [0.1, 0.15) is 62.2 Å². The van der Waals surface area contributed by atoms with E-state index < -0.39 is 0 Å². The van der Waals surface area contributed by atoms with Gasteiger partial charge in [0, 0.05) is 11.8 Å². The molecule has 122 valence electrons. The molecule has 1 aromatic carbocycles. The molecule has 0 aliphatic heterocycles. The fraction of sp³-hybridized carbons (Fsp3) is 0.350. The van der Waals surface area contributed by atoms with E-state index in [1.807, 2.05) is 19.1 Å². The minimum Gasteiger partial charge on any atom is -0.462 e. The van der Waals surface area contributed by atoms with Gasteiger partial charge in [-0.2, -0.15) is 0 Å². The number of hydrogen-bond acceptors (Lipinski definition) is 2. The molecule has 0 bridgehead atoms. The van der Waals surface area contributed by atoms with Crippen molar-refractivity contribution in [2.24, 2.45) is 0 Å². The average Bonchev–Trinajstić information content (AvgIpc) is 2.90. The Labute approximate surface area is 138 Å². The molecule has 1 heterocycles. The van der Waals surface area contributed by atoms with Crippen LogP contribution in [0.25, 0.3) is 6.08 Å². The summed E-state index contributed by atoms with van der Waals surface area (Å²) >= 11 is 0. The molecule has 0 saturated carbocycles. The molecule has 1 N–H and O–H groups in total. The van der Waals surface area contributed by atoms with E-state index in [1.165, 1.54) is 6.08 Å². The van der Waals surface area contributed by atoms with Crippen LogP contribution in [0.15, 0.2) is 40.8 Å². The van der Waals surface area contributed by atoms with E-state index in [9.17, 15) is 4.79 Å². The summed E-state index contributed by atoms with van der Waals surface area (Å²) in [6, 6.07) is 9.93. The molecule has 3 nitrogen and oxygen atoms in total. The van der Waals surface area contributed by atoms with Gasteiger partial charge in [0.05, 0.1) is 0 Å². The van der Waals surface area contributed by atoms with Crippen molar-refractivity contribution in [1.29, 1.82) is 0 Å². The van der Waals surface area contributed by atoms with E-state index in [2.05, 4.69) is 51.2 Å². The number of para-hydroxylation sites is 1. The molecule has 2 rings (SSSR count). The number of rotatable bonds is 5. The Morgan fingerprint density at radius 2 is 1.65 bits per heavy atom. The molecule has 0 saturated heterocycles. The first-order valence-electron chi connectivity index (χ1n) is 8.06. The van der Waals surface area contributed by atoms with E-state index in [1.54, 1.807) is 6.08 Å². The lowest BCUT2D eigenvalue weighted by molar-refractivity contribution is -0.111. The van der Waals surface area contributed by atoms with E-state index in [0.29, 0.717) is 17.6 Å². The largest absolute Gasteiger partial charge is 0.462 e. The molecule has 3 heteroatoms. The molecule has 0 radical (unpaired) electrons. The molecule has 2 aromatic rings. The molecule has 0 atom stereocenters. The van der Waals surface area contributed by atoms with Crippen LogP contribution >= 0.6 is 0 Å². The summed E-state index contributed by atoms with van der Waals surface area (Å²) in [5.41, 5.74) is 3.25. The number of carbonyl (C=O) groups is 1. The van der Waals surface area contributed by atoms with Crippen LogP contribution in [0.3, 0.4) is 0 Å². The molecular weight excluding hydrogens is 286 g/mol. The quantitative estimate of drug-likeness (QED) is 0.742. The molecule has 0 aliphatic carbocycles. The maximum absolute atomic E-state index is 12.3. The smallest absolute Gasteiger partial charge is 0.248 e. The summed E-state index contributed by atoms with van der Waals surface area (Å²) in [5.74, 6) is 2.06. The molecule has 1 aromatic heterocycles. The van der Waals surface area contributed by atoms with Gasteiger partial charge in [0.1, 0.15) is 11.5 Å². The van der Waals surface area contributed by atoms with E-state index in [-0.39, 0.29) is 5.91 Å². The molecule has 0 fully saturated rings. The molecule has 23 heavy (non-hydrogen) atoms. The molecule has 0 unspecified atom stereocenters. The predicted octanol–water partition coefficient (Wildman–Crippen LogP) is 5.49. The Kier molecular flexibility index (Phi) is 5.43. The summed E-state index contributed by atoms with van der Waals surface area (Å²) in [5, 5.41) is 3.05. The number of amides is 1. The Hall–Kier alpha value is -2.29. The minimum absolute atomic E-state index is 0.144. The Balaban J connectivity index is 2.24. The zero-order valence-corrected chi connectivity index (χ0v) is 14.5. The first-order chi connectivity index (χ1) is 10.9. The van der Waals surface area contributed by atoms with Crippen molar-refractivity contribution in [2.45, 2.75) is 46.5 Å². The lowest BCUT2D eigenvalue weighted by atomic mass is 9.92. The van der Waals surface area contributed by atoms with E-state index in [4.69, 9.17) is 4.42 Å².